The number of allylic oxidation sites excluding steroid dienone is 6. The SMILES string of the molecule is C=CC1=C(C)c2cc3[n-]c(cc4nc(cc5[n-]c(cc1n2)c(C)c5C=C)C(C)=C4CC(=C)OO)c(C)c3CC(=C)OO.[CH3-].[Fe].[Y]. The third-order valence-corrected chi connectivity index (χ3v) is 7.89. The van der Waals surface area contributed by atoms with Crippen molar-refractivity contribution < 1.29 is 70.1 Å². The largest absolute Gasteiger partial charge is 0.657 e. The van der Waals surface area contributed by atoms with Crippen molar-refractivity contribution in [2.24, 2.45) is 0 Å². The topological polar surface area (TPSA) is 113 Å². The minimum Gasteiger partial charge on any atom is -0.657 e. The van der Waals surface area contributed by atoms with Gasteiger partial charge in [-0.3, -0.25) is 0 Å². The van der Waals surface area contributed by atoms with Gasteiger partial charge in [0, 0.05) is 68.2 Å². The first-order valence-electron chi connectivity index (χ1n) is 13.4. The van der Waals surface area contributed by atoms with Crippen molar-refractivity contribution in [3.05, 3.63) is 121 Å². The molecule has 5 rings (SSSR count). The summed E-state index contributed by atoms with van der Waals surface area (Å²) in [6.07, 6.45) is 4.10. The van der Waals surface area contributed by atoms with Gasteiger partial charge in [-0.15, -0.1) is 22.1 Å². The molecule has 0 saturated carbocycles. The minimum absolute atomic E-state index is 0. The predicted molar refractivity (Wildman–Crippen MR) is 174 cm³/mol. The summed E-state index contributed by atoms with van der Waals surface area (Å²) in [6.45, 7) is 23.6. The summed E-state index contributed by atoms with van der Waals surface area (Å²) in [5.41, 5.74) is 12.9. The molecule has 0 aliphatic carbocycles. The predicted octanol–water partition coefficient (Wildman–Crippen LogP) is 8.26. The first-order chi connectivity index (χ1) is 20.1. The normalized spacial score (nSPS) is 12.0. The zero-order valence-electron chi connectivity index (χ0n) is 26.1. The van der Waals surface area contributed by atoms with E-state index in [1.54, 1.807) is 12.2 Å². The Hall–Kier alpha value is -3.30. The maximum atomic E-state index is 9.26. The van der Waals surface area contributed by atoms with E-state index in [4.69, 9.17) is 19.9 Å². The summed E-state index contributed by atoms with van der Waals surface area (Å²) < 4.78 is 0. The number of hydrogen-bond donors (Lipinski definition) is 2. The van der Waals surface area contributed by atoms with Crippen LogP contribution in [0.15, 0.2) is 68.2 Å². The van der Waals surface area contributed by atoms with Crippen LogP contribution in [0.4, 0.5) is 0 Å². The summed E-state index contributed by atoms with van der Waals surface area (Å²) >= 11 is 0. The third-order valence-electron chi connectivity index (χ3n) is 7.89. The molecule has 0 saturated heterocycles. The number of rotatable bonds is 8. The fourth-order valence-electron chi connectivity index (χ4n) is 5.42. The van der Waals surface area contributed by atoms with Gasteiger partial charge < -0.3 is 27.2 Å². The smallest absolute Gasteiger partial charge is 0.139 e. The van der Waals surface area contributed by atoms with Crippen molar-refractivity contribution in [2.45, 2.75) is 40.5 Å². The molecule has 0 atom stereocenters. The maximum absolute atomic E-state index is 9.26. The van der Waals surface area contributed by atoms with Crippen LogP contribution in [0.25, 0.3) is 50.4 Å². The van der Waals surface area contributed by atoms with Crippen LogP contribution in [0.2, 0.25) is 0 Å². The van der Waals surface area contributed by atoms with Crippen LogP contribution in [-0.2, 0) is 66.0 Å². The number of nitrogens with zero attached hydrogens (tertiary/aromatic N) is 4. The van der Waals surface area contributed by atoms with Crippen molar-refractivity contribution in [2.75, 3.05) is 0 Å². The molecule has 10 heteroatoms. The van der Waals surface area contributed by atoms with Gasteiger partial charge in [0.2, 0.25) is 0 Å². The Labute approximate surface area is 299 Å². The zero-order valence-corrected chi connectivity index (χ0v) is 30.1. The number of fused-ring (bicyclic) bond motifs is 8. The summed E-state index contributed by atoms with van der Waals surface area (Å²) in [4.78, 5) is 28.7. The second-order valence-corrected chi connectivity index (χ2v) is 10.4. The molecule has 2 N–H and O–H groups in total. The molecule has 0 amide bonds. The van der Waals surface area contributed by atoms with Gasteiger partial charge in [0.25, 0.3) is 0 Å². The molecule has 1 radical (unpaired) electrons. The van der Waals surface area contributed by atoms with Crippen molar-refractivity contribution in [3.8, 4) is 0 Å². The quantitative estimate of drug-likeness (QED) is 0.0787. The van der Waals surface area contributed by atoms with Gasteiger partial charge in [0.1, 0.15) is 11.5 Å². The van der Waals surface area contributed by atoms with Crippen LogP contribution in [0, 0.1) is 21.3 Å². The molecule has 5 heterocycles. The van der Waals surface area contributed by atoms with Gasteiger partial charge in [-0.1, -0.05) is 79.4 Å². The Balaban J connectivity index is 0.00000235. The first kappa shape index (κ1) is 37.9. The molecule has 45 heavy (non-hydrogen) atoms. The van der Waals surface area contributed by atoms with Gasteiger partial charge in [-0.2, -0.15) is 0 Å². The van der Waals surface area contributed by atoms with Gasteiger partial charge in [0.15, 0.2) is 0 Å². The van der Waals surface area contributed by atoms with E-state index in [-0.39, 0.29) is 81.6 Å². The molecule has 8 bridgehead atoms. The molecular formula is C35H35FeN4O4Y-3. The molecule has 8 nitrogen and oxygen atoms in total. The maximum Gasteiger partial charge on any atom is 0.139 e. The molecule has 0 spiro atoms. The molecule has 0 unspecified atom stereocenters. The monoisotopic (exact) mass is 720 g/mol. The van der Waals surface area contributed by atoms with Gasteiger partial charge in [-0.25, -0.2) is 20.5 Å². The average molecular weight is 720 g/mol. The van der Waals surface area contributed by atoms with E-state index in [9.17, 15) is 10.5 Å². The molecular weight excluding hydrogens is 685 g/mol. The third kappa shape index (κ3) is 7.09. The van der Waals surface area contributed by atoms with E-state index in [0.717, 1.165) is 72.7 Å². The second-order valence-electron chi connectivity index (χ2n) is 10.4. The van der Waals surface area contributed by atoms with Crippen molar-refractivity contribution in [3.63, 3.8) is 0 Å². The minimum atomic E-state index is 0. The average Bonchev–Trinajstić information content (AvgIpc) is 3.63. The number of aromatic nitrogens is 4. The molecule has 3 aromatic heterocycles. The van der Waals surface area contributed by atoms with Crippen LogP contribution in [-0.4, -0.2) is 20.5 Å². The Morgan fingerprint density at radius 2 is 1.24 bits per heavy atom. The summed E-state index contributed by atoms with van der Waals surface area (Å²) in [7, 11) is 0. The van der Waals surface area contributed by atoms with Crippen LogP contribution in [0.1, 0.15) is 65.3 Å². The number of hydrogen-bond acceptors (Lipinski definition) is 6. The van der Waals surface area contributed by atoms with Crippen molar-refractivity contribution in [1.29, 1.82) is 0 Å². The first-order valence-corrected chi connectivity index (χ1v) is 13.4. The van der Waals surface area contributed by atoms with Crippen molar-refractivity contribution >= 4 is 50.4 Å². The van der Waals surface area contributed by atoms with E-state index >= 15 is 0 Å². The van der Waals surface area contributed by atoms with Gasteiger partial charge in [-0.05, 0) is 50.0 Å². The molecule has 0 aromatic carbocycles. The van der Waals surface area contributed by atoms with Crippen LogP contribution >= 0.6 is 0 Å². The van der Waals surface area contributed by atoms with Crippen LogP contribution < -0.4 is 9.97 Å². The Bertz CT molecular complexity index is 1930. The fraction of sp³-hybridized carbons (Fsp3) is 0.171. The van der Waals surface area contributed by atoms with E-state index < -0.39 is 0 Å². The zero-order chi connectivity index (χ0) is 30.3. The summed E-state index contributed by atoms with van der Waals surface area (Å²) in [5, 5.41) is 18.5. The summed E-state index contributed by atoms with van der Waals surface area (Å²) in [5.74, 6) is 0.376. The van der Waals surface area contributed by atoms with E-state index in [0.29, 0.717) is 16.7 Å². The Morgan fingerprint density at radius 3 is 1.87 bits per heavy atom. The standard InChI is InChI=1S/C34H32N4O4.CH3.Fe.Y/c1-9-23-19(5)27-13-31-24(10-2)20(6)28(36-31)15-33-26(12-18(4)42-40)22(8)30(38-33)16-34-25(11-17(3)41-39)21(7)29(37-34)14-32(23)35-27;;;/h9-10,13-16,39-40H,1-4,11-12H2,5-8H3;1H3;;/q-2;-1;;. The van der Waals surface area contributed by atoms with Gasteiger partial charge >= 0.3 is 0 Å². The Kier molecular flexibility index (Phi) is 12.9. The molecule has 2 aliphatic rings. The fourth-order valence-corrected chi connectivity index (χ4v) is 5.42. The molecule has 0 fully saturated rings. The van der Waals surface area contributed by atoms with Crippen molar-refractivity contribution in [1.82, 2.24) is 19.9 Å². The van der Waals surface area contributed by atoms with Crippen LogP contribution in [0.5, 0.6) is 0 Å². The van der Waals surface area contributed by atoms with Gasteiger partial charge in [0.05, 0.1) is 22.8 Å². The van der Waals surface area contributed by atoms with E-state index in [1.807, 2.05) is 52.0 Å². The molecule has 3 aromatic rings. The molecule has 2 aliphatic heterocycles. The number of aryl methyl sites for hydroxylation is 2. The second kappa shape index (κ2) is 15.3. The van der Waals surface area contributed by atoms with E-state index in [1.165, 1.54) is 0 Å². The van der Waals surface area contributed by atoms with Crippen LogP contribution in [0.3, 0.4) is 0 Å². The molecule has 233 valence electrons. The summed E-state index contributed by atoms with van der Waals surface area (Å²) in [6, 6.07) is 7.72. The van der Waals surface area contributed by atoms with E-state index in [2.05, 4.69) is 36.1 Å². The Morgan fingerprint density at radius 1 is 0.733 bits per heavy atom.